The molecule has 2 aliphatic rings. The number of amides is 6. The van der Waals surface area contributed by atoms with Gasteiger partial charge in [-0.25, -0.2) is 4.79 Å². The van der Waals surface area contributed by atoms with Crippen molar-refractivity contribution in [3.05, 3.63) is 65.9 Å². The molecule has 0 bridgehead atoms. The number of rotatable bonds is 21. The normalized spacial score (nSPS) is 18.3. The summed E-state index contributed by atoms with van der Waals surface area (Å²) < 4.78 is 0. The maximum Gasteiger partial charge on any atom is 0.326 e. The first kappa shape index (κ1) is 49.3. The lowest BCUT2D eigenvalue weighted by molar-refractivity contribution is -0.149. The first-order chi connectivity index (χ1) is 30.9. The molecule has 0 unspecified atom stereocenters. The molecule has 2 fully saturated rings. The third-order valence-electron chi connectivity index (χ3n) is 11.7. The Labute approximate surface area is 377 Å². The van der Waals surface area contributed by atoms with E-state index in [2.05, 4.69) is 31.2 Å². The maximum absolute atomic E-state index is 14.6. The molecule has 13 N–H and O–H groups in total. The van der Waals surface area contributed by atoms with Crippen LogP contribution in [0.15, 0.2) is 59.7 Å². The van der Waals surface area contributed by atoms with E-state index in [1.165, 1.54) is 28.9 Å². The van der Waals surface area contributed by atoms with Crippen LogP contribution in [0, 0.1) is 5.92 Å². The van der Waals surface area contributed by atoms with Crippen molar-refractivity contribution in [1.29, 1.82) is 0 Å². The van der Waals surface area contributed by atoms with Gasteiger partial charge in [0.1, 0.15) is 42.0 Å². The van der Waals surface area contributed by atoms with Crippen LogP contribution in [-0.2, 0) is 46.4 Å². The maximum atomic E-state index is 14.6. The van der Waals surface area contributed by atoms with E-state index in [-0.39, 0.29) is 62.9 Å². The molecule has 5 rings (SSSR count). The van der Waals surface area contributed by atoms with E-state index in [4.69, 9.17) is 17.2 Å². The van der Waals surface area contributed by atoms with E-state index in [9.17, 15) is 43.8 Å². The van der Waals surface area contributed by atoms with Gasteiger partial charge in [-0.05, 0) is 87.1 Å². The average Bonchev–Trinajstić information content (AvgIpc) is 4.05. The molecule has 0 saturated carbocycles. The van der Waals surface area contributed by atoms with E-state index in [0.29, 0.717) is 43.2 Å². The number of guanidine groups is 1. The number of aromatic hydroxyl groups is 1. The number of carboxylic acid groups (broad SMARTS) is 1. The smallest absolute Gasteiger partial charge is 0.326 e. The SMILES string of the molecule is CC(C)C[C@H](NC(=O)[C@H](Cc1c[nH]c2ccccc12)NC(=O)[C@H](Cc1ccc(O)cc1)NC(=O)[C@H](C)N)C(=O)N1CCC[C@H]1C(=O)N1CCC[C@H]1C(=O)N[C@@H](CCCN=C(N)N)C(=O)O. The Kier molecular flexibility index (Phi) is 17.3. The van der Waals surface area contributed by atoms with Crippen molar-refractivity contribution in [1.82, 2.24) is 36.1 Å². The summed E-state index contributed by atoms with van der Waals surface area (Å²) in [6.45, 7) is 5.88. The van der Waals surface area contributed by atoms with Gasteiger partial charge in [0.05, 0.1) is 6.04 Å². The molecule has 7 atom stereocenters. The zero-order chi connectivity index (χ0) is 47.4. The summed E-state index contributed by atoms with van der Waals surface area (Å²) in [5.74, 6) is -4.97. The number of aromatic nitrogens is 1. The molecule has 3 heterocycles. The van der Waals surface area contributed by atoms with Crippen LogP contribution in [0.1, 0.15) is 76.8 Å². The van der Waals surface area contributed by atoms with Gasteiger partial charge < -0.3 is 63.5 Å². The Morgan fingerprint density at radius 3 is 2.05 bits per heavy atom. The number of nitrogens with one attached hydrogen (secondary N) is 5. The fourth-order valence-electron chi connectivity index (χ4n) is 8.36. The second-order valence-electron chi connectivity index (χ2n) is 17.3. The Morgan fingerprint density at radius 1 is 0.785 bits per heavy atom. The zero-order valence-electron chi connectivity index (χ0n) is 37.1. The van der Waals surface area contributed by atoms with E-state index < -0.39 is 83.7 Å². The minimum Gasteiger partial charge on any atom is -0.508 e. The molecule has 2 aromatic carbocycles. The average molecular weight is 902 g/mol. The molecular weight excluding hydrogens is 839 g/mol. The van der Waals surface area contributed by atoms with Crippen LogP contribution in [0.25, 0.3) is 10.9 Å². The highest BCUT2D eigenvalue weighted by molar-refractivity contribution is 5.98. The van der Waals surface area contributed by atoms with Crippen LogP contribution in [-0.4, -0.2) is 134 Å². The predicted molar refractivity (Wildman–Crippen MR) is 242 cm³/mol. The van der Waals surface area contributed by atoms with E-state index in [1.807, 2.05) is 38.1 Å². The van der Waals surface area contributed by atoms with Crippen molar-refractivity contribution >= 4 is 58.3 Å². The first-order valence-electron chi connectivity index (χ1n) is 22.1. The third-order valence-corrected chi connectivity index (χ3v) is 11.7. The molecule has 0 radical (unpaired) electrons. The van der Waals surface area contributed by atoms with Gasteiger partial charge in [0.25, 0.3) is 0 Å². The Balaban J connectivity index is 1.36. The highest BCUT2D eigenvalue weighted by atomic mass is 16.4. The summed E-state index contributed by atoms with van der Waals surface area (Å²) in [7, 11) is 0. The lowest BCUT2D eigenvalue weighted by Crippen LogP contribution is -2.60. The van der Waals surface area contributed by atoms with Crippen LogP contribution < -0.4 is 38.5 Å². The van der Waals surface area contributed by atoms with Crippen LogP contribution >= 0.6 is 0 Å². The van der Waals surface area contributed by atoms with Crippen molar-refractivity contribution in [2.45, 2.75) is 121 Å². The fraction of sp³-hybridized carbons (Fsp3) is 0.511. The van der Waals surface area contributed by atoms with Crippen molar-refractivity contribution in [2.75, 3.05) is 19.6 Å². The second-order valence-corrected chi connectivity index (χ2v) is 17.3. The number of hydrogen-bond acceptors (Lipinski definition) is 10. The molecule has 3 aromatic rings. The number of fused-ring (bicyclic) bond motifs is 1. The number of nitrogens with two attached hydrogens (primary N) is 3. The molecule has 352 valence electrons. The number of aliphatic carboxylic acids is 1. The second kappa shape index (κ2) is 22.8. The molecule has 65 heavy (non-hydrogen) atoms. The molecule has 20 heteroatoms. The van der Waals surface area contributed by atoms with Crippen molar-refractivity contribution in [3.63, 3.8) is 0 Å². The Bertz CT molecular complexity index is 2210. The first-order valence-corrected chi connectivity index (χ1v) is 22.1. The number of para-hydroxylation sites is 1. The van der Waals surface area contributed by atoms with Gasteiger partial charge in [0, 0.05) is 49.6 Å². The van der Waals surface area contributed by atoms with Crippen LogP contribution in [0.4, 0.5) is 0 Å². The monoisotopic (exact) mass is 901 g/mol. The summed E-state index contributed by atoms with van der Waals surface area (Å²) in [5.41, 5.74) is 18.7. The van der Waals surface area contributed by atoms with Gasteiger partial charge >= 0.3 is 5.97 Å². The van der Waals surface area contributed by atoms with E-state index in [0.717, 1.165) is 10.9 Å². The highest BCUT2D eigenvalue weighted by Crippen LogP contribution is 2.27. The van der Waals surface area contributed by atoms with Gasteiger partial charge in [-0.15, -0.1) is 0 Å². The summed E-state index contributed by atoms with van der Waals surface area (Å²) in [6.07, 6.45) is 3.89. The molecule has 6 amide bonds. The van der Waals surface area contributed by atoms with Crippen LogP contribution in [0.5, 0.6) is 5.75 Å². The van der Waals surface area contributed by atoms with Gasteiger partial charge in [-0.3, -0.25) is 33.8 Å². The number of nitrogens with zero attached hydrogens (tertiary/aromatic N) is 3. The summed E-state index contributed by atoms with van der Waals surface area (Å²) in [5, 5.41) is 31.4. The molecule has 20 nitrogen and oxygen atoms in total. The summed E-state index contributed by atoms with van der Waals surface area (Å²) in [6, 6.07) is 5.96. The van der Waals surface area contributed by atoms with Crippen molar-refractivity contribution in [2.24, 2.45) is 28.1 Å². The van der Waals surface area contributed by atoms with E-state index in [1.54, 1.807) is 18.3 Å². The minimum atomic E-state index is -1.25. The van der Waals surface area contributed by atoms with Crippen LogP contribution in [0.2, 0.25) is 0 Å². The third kappa shape index (κ3) is 13.4. The number of phenols is 1. The fourth-order valence-corrected chi connectivity index (χ4v) is 8.36. The predicted octanol–water partition coefficient (Wildman–Crippen LogP) is 0.111. The Morgan fingerprint density at radius 2 is 1.40 bits per heavy atom. The number of phenolic OH excluding ortho intramolecular Hbond substituents is 1. The lowest BCUT2D eigenvalue weighted by atomic mass is 9.99. The number of likely N-dealkylation sites (tertiary alicyclic amines) is 2. The van der Waals surface area contributed by atoms with Gasteiger partial charge in [0.15, 0.2) is 5.96 Å². The van der Waals surface area contributed by atoms with Crippen molar-refractivity contribution in [3.8, 4) is 5.75 Å². The lowest BCUT2D eigenvalue weighted by Gasteiger charge is -2.34. The van der Waals surface area contributed by atoms with Crippen molar-refractivity contribution < 1.29 is 43.8 Å². The number of carbonyl (C=O) groups excluding carboxylic acids is 6. The molecule has 1 aromatic heterocycles. The number of carboxylic acids is 1. The van der Waals surface area contributed by atoms with Gasteiger partial charge in [-0.1, -0.05) is 44.2 Å². The number of benzene rings is 2. The minimum absolute atomic E-state index is 0.000412. The largest absolute Gasteiger partial charge is 0.508 e. The number of aromatic amines is 1. The van der Waals surface area contributed by atoms with E-state index >= 15 is 0 Å². The van der Waals surface area contributed by atoms with Gasteiger partial charge in [0.2, 0.25) is 35.4 Å². The molecule has 2 aliphatic heterocycles. The number of hydrogen-bond donors (Lipinski definition) is 10. The molecule has 0 aliphatic carbocycles. The summed E-state index contributed by atoms with van der Waals surface area (Å²) >= 11 is 0. The Hall–Kier alpha value is -6.70. The zero-order valence-corrected chi connectivity index (χ0v) is 37.1. The number of aliphatic imine (C=N–C) groups is 1. The highest BCUT2D eigenvalue weighted by Gasteiger charge is 2.44. The standard InChI is InChI=1S/C45H63N11O9/c1-25(2)21-35(42(62)56-20-8-13-37(56)43(63)55-19-7-12-36(55)41(61)51-32(44(64)65)11-6-18-49-45(47)48)54-40(60)34(23-28-24-50-31-10-5-4-9-30(28)31)53-39(59)33(52-38(58)26(3)46)22-27-14-16-29(57)17-15-27/h4-5,9-10,14-17,24-26,32-37,50,57H,6-8,11-13,18-23,46H2,1-3H3,(H,51,61)(H,52,58)(H,53,59)(H,54,60)(H,64,65)(H4,47,48,49)/t26-,32-,33-,34-,35-,36-,37-/m0/s1. The molecule has 0 spiro atoms. The van der Waals surface area contributed by atoms with Crippen LogP contribution in [0.3, 0.4) is 0 Å². The molecule has 2 saturated heterocycles. The topological polar surface area (TPSA) is 321 Å². The summed E-state index contributed by atoms with van der Waals surface area (Å²) in [4.78, 5) is 106. The number of carbonyl (C=O) groups is 7. The van der Waals surface area contributed by atoms with Gasteiger partial charge in [-0.2, -0.15) is 0 Å². The quantitative estimate of drug-likeness (QED) is 0.0387. The number of H-pyrrole nitrogens is 1. The molecular formula is C45H63N11O9.